The summed E-state index contributed by atoms with van der Waals surface area (Å²) in [6.45, 7) is 2.59. The van der Waals surface area contributed by atoms with Gasteiger partial charge in [0.25, 0.3) is 0 Å². The van der Waals surface area contributed by atoms with Crippen LogP contribution in [0.1, 0.15) is 11.1 Å². The monoisotopic (exact) mass is 393 g/mol. The van der Waals surface area contributed by atoms with Crippen LogP contribution in [0.3, 0.4) is 0 Å². The van der Waals surface area contributed by atoms with Crippen molar-refractivity contribution in [3.05, 3.63) is 78.1 Å². The zero-order chi connectivity index (χ0) is 20.3. The predicted octanol–water partition coefficient (Wildman–Crippen LogP) is 2.68. The summed E-state index contributed by atoms with van der Waals surface area (Å²) in [5.41, 5.74) is 2.43. The van der Waals surface area contributed by atoms with Crippen LogP contribution in [-0.2, 0) is 13.1 Å². The molecule has 0 spiro atoms. The zero-order valence-corrected chi connectivity index (χ0v) is 16.8. The molecule has 1 aromatic heterocycles. The van der Waals surface area contributed by atoms with Gasteiger partial charge in [-0.05, 0) is 41.5 Å². The molecule has 0 aliphatic rings. The van der Waals surface area contributed by atoms with E-state index >= 15 is 0 Å². The quantitative estimate of drug-likeness (QED) is 0.332. The largest absolute Gasteiger partial charge is 0.497 e. The van der Waals surface area contributed by atoms with Crippen LogP contribution in [-0.4, -0.2) is 43.0 Å². The highest BCUT2D eigenvalue weighted by molar-refractivity contribution is 5.79. The molecule has 3 aromatic rings. The number of rotatable bonds is 9. The SMILES string of the molecule is CN=C(NCCOc1ccc(OC)cc1)NCc1ccccc1Cn1cccn1. The smallest absolute Gasteiger partial charge is 0.191 e. The second-order valence-electron chi connectivity index (χ2n) is 6.35. The van der Waals surface area contributed by atoms with Gasteiger partial charge in [0.1, 0.15) is 18.1 Å². The van der Waals surface area contributed by atoms with Crippen LogP contribution in [0.25, 0.3) is 0 Å². The van der Waals surface area contributed by atoms with Crippen LogP contribution >= 0.6 is 0 Å². The highest BCUT2D eigenvalue weighted by Crippen LogP contribution is 2.16. The molecule has 0 amide bonds. The molecule has 2 N–H and O–H groups in total. The van der Waals surface area contributed by atoms with Crippen LogP contribution < -0.4 is 20.1 Å². The molecule has 0 saturated carbocycles. The summed E-state index contributed by atoms with van der Waals surface area (Å²) in [7, 11) is 3.41. The zero-order valence-electron chi connectivity index (χ0n) is 16.8. The Kier molecular flexibility index (Phi) is 7.51. The summed E-state index contributed by atoms with van der Waals surface area (Å²) in [5, 5.41) is 10.9. The molecule has 0 bridgehead atoms. The van der Waals surface area contributed by atoms with Crippen LogP contribution in [0.15, 0.2) is 72.0 Å². The molecule has 1 heterocycles. The number of aliphatic imine (C=N–C) groups is 1. The Bertz CT molecular complexity index is 892. The van der Waals surface area contributed by atoms with E-state index in [1.807, 2.05) is 53.3 Å². The van der Waals surface area contributed by atoms with Crippen LogP contribution in [0.5, 0.6) is 11.5 Å². The molecule has 7 nitrogen and oxygen atoms in total. The maximum absolute atomic E-state index is 5.73. The summed E-state index contributed by atoms with van der Waals surface area (Å²) in [6.07, 6.45) is 3.76. The van der Waals surface area contributed by atoms with E-state index in [9.17, 15) is 0 Å². The molecule has 0 fully saturated rings. The number of guanidine groups is 1. The highest BCUT2D eigenvalue weighted by atomic mass is 16.5. The normalized spacial score (nSPS) is 11.2. The van der Waals surface area contributed by atoms with Gasteiger partial charge in [0.2, 0.25) is 0 Å². The first-order chi connectivity index (χ1) is 14.3. The minimum Gasteiger partial charge on any atom is -0.497 e. The van der Waals surface area contributed by atoms with Crippen LogP contribution in [0, 0.1) is 0 Å². The fraction of sp³-hybridized carbons (Fsp3) is 0.273. The molecule has 3 rings (SSSR count). The number of hydrogen-bond donors (Lipinski definition) is 2. The van der Waals surface area contributed by atoms with E-state index in [1.165, 1.54) is 11.1 Å². The fourth-order valence-electron chi connectivity index (χ4n) is 2.86. The predicted molar refractivity (Wildman–Crippen MR) is 114 cm³/mol. The van der Waals surface area contributed by atoms with Gasteiger partial charge < -0.3 is 20.1 Å². The Morgan fingerprint density at radius 1 is 1.00 bits per heavy atom. The van der Waals surface area contributed by atoms with E-state index < -0.39 is 0 Å². The highest BCUT2D eigenvalue weighted by Gasteiger charge is 2.05. The second-order valence-corrected chi connectivity index (χ2v) is 6.35. The average Bonchev–Trinajstić information content (AvgIpc) is 3.28. The van der Waals surface area contributed by atoms with Crippen molar-refractivity contribution in [2.24, 2.45) is 4.99 Å². The summed E-state index contributed by atoms with van der Waals surface area (Å²) in [4.78, 5) is 4.28. The molecule has 2 aromatic carbocycles. The maximum Gasteiger partial charge on any atom is 0.191 e. The first kappa shape index (κ1) is 20.3. The molecule has 152 valence electrons. The third-order valence-electron chi connectivity index (χ3n) is 4.40. The summed E-state index contributed by atoms with van der Waals surface area (Å²) >= 11 is 0. The van der Waals surface area contributed by atoms with Gasteiger partial charge in [0.15, 0.2) is 5.96 Å². The molecule has 0 aliphatic carbocycles. The van der Waals surface area contributed by atoms with Crippen molar-refractivity contribution < 1.29 is 9.47 Å². The lowest BCUT2D eigenvalue weighted by Gasteiger charge is -2.15. The molecule has 7 heteroatoms. The number of nitrogens with zero attached hydrogens (tertiary/aromatic N) is 3. The van der Waals surface area contributed by atoms with E-state index in [-0.39, 0.29) is 0 Å². The van der Waals surface area contributed by atoms with Crippen molar-refractivity contribution in [3.8, 4) is 11.5 Å². The summed E-state index contributed by atoms with van der Waals surface area (Å²) < 4.78 is 12.8. The third kappa shape index (κ3) is 6.27. The molecule has 0 radical (unpaired) electrons. The van der Waals surface area contributed by atoms with Gasteiger partial charge in [-0.3, -0.25) is 9.67 Å². The van der Waals surface area contributed by atoms with Crippen LogP contribution in [0.4, 0.5) is 0 Å². The minimum absolute atomic E-state index is 0.531. The Hall–Kier alpha value is -3.48. The lowest BCUT2D eigenvalue weighted by atomic mass is 10.1. The first-order valence-electron chi connectivity index (χ1n) is 9.54. The van der Waals surface area contributed by atoms with Gasteiger partial charge in [-0.1, -0.05) is 24.3 Å². The Morgan fingerprint density at radius 2 is 1.76 bits per heavy atom. The maximum atomic E-state index is 5.73. The number of aromatic nitrogens is 2. The molecular formula is C22H27N5O2. The van der Waals surface area contributed by atoms with Gasteiger partial charge >= 0.3 is 0 Å². The molecule has 0 saturated heterocycles. The van der Waals surface area contributed by atoms with E-state index in [4.69, 9.17) is 9.47 Å². The first-order valence-corrected chi connectivity index (χ1v) is 9.54. The summed E-state index contributed by atoms with van der Waals surface area (Å²) in [5.74, 6) is 2.35. The van der Waals surface area contributed by atoms with E-state index in [2.05, 4.69) is 32.9 Å². The Balaban J connectivity index is 1.44. The molecule has 0 atom stereocenters. The standard InChI is InChI=1S/C22H27N5O2/c1-23-22(24-13-15-29-21-10-8-20(28-2)9-11-21)25-16-18-6-3-4-7-19(18)17-27-14-5-12-26-27/h3-12,14H,13,15-17H2,1-2H3,(H2,23,24,25). The second kappa shape index (κ2) is 10.8. The topological polar surface area (TPSA) is 72.7 Å². The van der Waals surface area contributed by atoms with E-state index in [0.29, 0.717) is 19.7 Å². The molecule has 0 aliphatic heterocycles. The lowest BCUT2D eigenvalue weighted by molar-refractivity contribution is 0.321. The Morgan fingerprint density at radius 3 is 2.45 bits per heavy atom. The number of nitrogens with one attached hydrogen (secondary N) is 2. The van der Waals surface area contributed by atoms with Crippen LogP contribution in [0.2, 0.25) is 0 Å². The number of hydrogen-bond acceptors (Lipinski definition) is 4. The Labute approximate surface area is 171 Å². The van der Waals surface area contributed by atoms with Gasteiger partial charge in [0, 0.05) is 26.0 Å². The fourth-order valence-corrected chi connectivity index (χ4v) is 2.86. The molecular weight excluding hydrogens is 366 g/mol. The van der Waals surface area contributed by atoms with Gasteiger partial charge in [-0.15, -0.1) is 0 Å². The van der Waals surface area contributed by atoms with Crippen molar-refractivity contribution >= 4 is 5.96 Å². The van der Waals surface area contributed by atoms with Crippen molar-refractivity contribution in [2.75, 3.05) is 27.3 Å². The number of ether oxygens (including phenoxy) is 2. The van der Waals surface area contributed by atoms with Gasteiger partial charge in [-0.2, -0.15) is 5.10 Å². The van der Waals surface area contributed by atoms with Gasteiger partial charge in [0.05, 0.1) is 20.2 Å². The van der Waals surface area contributed by atoms with Crippen molar-refractivity contribution in [1.82, 2.24) is 20.4 Å². The van der Waals surface area contributed by atoms with E-state index in [0.717, 1.165) is 24.0 Å². The van der Waals surface area contributed by atoms with Gasteiger partial charge in [-0.25, -0.2) is 0 Å². The van der Waals surface area contributed by atoms with Crippen molar-refractivity contribution in [3.63, 3.8) is 0 Å². The van der Waals surface area contributed by atoms with Crippen molar-refractivity contribution in [1.29, 1.82) is 0 Å². The lowest BCUT2D eigenvalue weighted by Crippen LogP contribution is -2.39. The minimum atomic E-state index is 0.531. The number of benzene rings is 2. The van der Waals surface area contributed by atoms with Crippen molar-refractivity contribution in [2.45, 2.75) is 13.1 Å². The van der Waals surface area contributed by atoms with E-state index in [1.54, 1.807) is 20.4 Å². The average molecular weight is 393 g/mol. The number of methoxy groups -OCH3 is 1. The molecule has 29 heavy (non-hydrogen) atoms. The molecule has 0 unspecified atom stereocenters. The third-order valence-corrected chi connectivity index (χ3v) is 4.40. The summed E-state index contributed by atoms with van der Waals surface area (Å²) in [6, 6.07) is 17.8.